The number of ether oxygens (including phenoxy) is 1. The zero-order valence-corrected chi connectivity index (χ0v) is 8.71. The van der Waals surface area contributed by atoms with Crippen molar-refractivity contribution in [2.24, 2.45) is 0 Å². The highest BCUT2D eigenvalue weighted by Gasteiger charge is 2.19. The predicted octanol–water partition coefficient (Wildman–Crippen LogP) is 1.49. The van der Waals surface area contributed by atoms with Gasteiger partial charge in [-0.3, -0.25) is 0 Å². The lowest BCUT2D eigenvalue weighted by molar-refractivity contribution is 0.0597. The van der Waals surface area contributed by atoms with Gasteiger partial charge in [-0.1, -0.05) is 17.7 Å². The summed E-state index contributed by atoms with van der Waals surface area (Å²) in [6.07, 6.45) is 0. The van der Waals surface area contributed by atoms with Crippen LogP contribution in [-0.2, 0) is 11.3 Å². The van der Waals surface area contributed by atoms with Gasteiger partial charge in [0.15, 0.2) is 0 Å². The van der Waals surface area contributed by atoms with Gasteiger partial charge in [0, 0.05) is 0 Å². The first-order valence-electron chi connectivity index (χ1n) is 4.06. The van der Waals surface area contributed by atoms with Gasteiger partial charge in [-0.25, -0.2) is 4.79 Å². The van der Waals surface area contributed by atoms with Crippen LogP contribution in [0.1, 0.15) is 21.5 Å². The Balaban J connectivity index is 3.49. The highest BCUT2D eigenvalue weighted by molar-refractivity contribution is 6.32. The fourth-order valence-electron chi connectivity index (χ4n) is 1.20. The van der Waals surface area contributed by atoms with Crippen molar-refractivity contribution in [1.29, 1.82) is 5.26 Å². The fourth-order valence-corrected chi connectivity index (χ4v) is 1.40. The summed E-state index contributed by atoms with van der Waals surface area (Å²) in [6, 6.07) is 4.75. The molecule has 0 saturated carbocycles. The number of benzene rings is 1. The minimum atomic E-state index is -0.682. The number of nitriles is 1. The van der Waals surface area contributed by atoms with Gasteiger partial charge in [0.2, 0.25) is 0 Å². The van der Waals surface area contributed by atoms with Crippen LogP contribution in [0.4, 0.5) is 0 Å². The van der Waals surface area contributed by atoms with Gasteiger partial charge in [-0.15, -0.1) is 0 Å². The molecule has 0 fully saturated rings. The van der Waals surface area contributed by atoms with Crippen molar-refractivity contribution in [2.45, 2.75) is 6.61 Å². The van der Waals surface area contributed by atoms with Crippen molar-refractivity contribution < 1.29 is 14.6 Å². The summed E-state index contributed by atoms with van der Waals surface area (Å²) in [5.74, 6) is -0.682. The van der Waals surface area contributed by atoms with Gasteiger partial charge in [-0.2, -0.15) is 5.26 Å². The van der Waals surface area contributed by atoms with Gasteiger partial charge in [-0.05, 0) is 11.6 Å². The van der Waals surface area contributed by atoms with Crippen molar-refractivity contribution in [3.05, 3.63) is 33.8 Å². The van der Waals surface area contributed by atoms with Crippen LogP contribution in [0, 0.1) is 11.3 Å². The second-order valence-electron chi connectivity index (χ2n) is 2.72. The maximum absolute atomic E-state index is 11.4. The molecule has 1 aromatic carbocycles. The molecule has 0 unspecified atom stereocenters. The van der Waals surface area contributed by atoms with E-state index >= 15 is 0 Å². The number of halogens is 1. The number of hydrogen-bond acceptors (Lipinski definition) is 4. The van der Waals surface area contributed by atoms with Gasteiger partial charge in [0.05, 0.1) is 29.9 Å². The van der Waals surface area contributed by atoms with Crippen LogP contribution < -0.4 is 0 Å². The second kappa shape index (κ2) is 4.78. The summed E-state index contributed by atoms with van der Waals surface area (Å²) in [4.78, 5) is 11.4. The van der Waals surface area contributed by atoms with Gasteiger partial charge < -0.3 is 9.84 Å². The van der Waals surface area contributed by atoms with E-state index in [1.807, 2.05) is 6.07 Å². The van der Waals surface area contributed by atoms with Crippen molar-refractivity contribution in [2.75, 3.05) is 7.11 Å². The molecule has 4 nitrogen and oxygen atoms in total. The quantitative estimate of drug-likeness (QED) is 0.775. The maximum atomic E-state index is 11.4. The third-order valence-corrected chi connectivity index (χ3v) is 2.23. The van der Waals surface area contributed by atoms with E-state index in [-0.39, 0.29) is 22.8 Å². The lowest BCUT2D eigenvalue weighted by Crippen LogP contribution is -2.09. The first-order chi connectivity index (χ1) is 7.15. The van der Waals surface area contributed by atoms with Crippen molar-refractivity contribution in [3.63, 3.8) is 0 Å². The maximum Gasteiger partial charge on any atom is 0.339 e. The first kappa shape index (κ1) is 11.5. The van der Waals surface area contributed by atoms with Crippen molar-refractivity contribution in [3.8, 4) is 6.07 Å². The number of methoxy groups -OCH3 is 1. The van der Waals surface area contributed by atoms with Crippen LogP contribution in [0.5, 0.6) is 0 Å². The molecule has 0 spiro atoms. The number of carbonyl (C=O) groups is 1. The fraction of sp³-hybridized carbons (Fsp3) is 0.200. The van der Waals surface area contributed by atoms with E-state index in [9.17, 15) is 4.79 Å². The van der Waals surface area contributed by atoms with Gasteiger partial charge in [0.1, 0.15) is 6.07 Å². The van der Waals surface area contributed by atoms with Gasteiger partial charge in [0.25, 0.3) is 0 Å². The molecule has 15 heavy (non-hydrogen) atoms. The summed E-state index contributed by atoms with van der Waals surface area (Å²) >= 11 is 5.75. The van der Waals surface area contributed by atoms with E-state index < -0.39 is 5.97 Å². The molecule has 0 radical (unpaired) electrons. The van der Waals surface area contributed by atoms with E-state index in [4.69, 9.17) is 22.0 Å². The zero-order chi connectivity index (χ0) is 11.4. The second-order valence-corrected chi connectivity index (χ2v) is 3.13. The lowest BCUT2D eigenvalue weighted by atomic mass is 10.0. The smallest absolute Gasteiger partial charge is 0.339 e. The molecular weight excluding hydrogens is 218 g/mol. The molecule has 1 aromatic rings. The molecule has 1 rings (SSSR count). The number of rotatable bonds is 2. The van der Waals surface area contributed by atoms with E-state index in [0.717, 1.165) is 0 Å². The molecule has 0 atom stereocenters. The molecule has 5 heteroatoms. The molecule has 0 bridgehead atoms. The standard InChI is InChI=1S/C10H8ClNO3/c1-15-10(14)9-6(5-13)2-3-8(11)7(9)4-12/h2-3,13H,5H2,1H3. The minimum Gasteiger partial charge on any atom is -0.465 e. The Morgan fingerprint density at radius 1 is 1.67 bits per heavy atom. The van der Waals surface area contributed by atoms with Crippen LogP contribution in [0.3, 0.4) is 0 Å². The first-order valence-corrected chi connectivity index (χ1v) is 4.44. The Hall–Kier alpha value is -1.57. The average molecular weight is 226 g/mol. The highest BCUT2D eigenvalue weighted by atomic mass is 35.5. The predicted molar refractivity (Wildman–Crippen MR) is 53.4 cm³/mol. The van der Waals surface area contributed by atoms with Crippen molar-refractivity contribution in [1.82, 2.24) is 0 Å². The molecule has 78 valence electrons. The molecule has 1 N–H and O–H groups in total. The molecule has 0 heterocycles. The summed E-state index contributed by atoms with van der Waals surface area (Å²) in [5, 5.41) is 18.0. The molecule has 0 amide bonds. The summed E-state index contributed by atoms with van der Waals surface area (Å²) < 4.78 is 4.52. The van der Waals surface area contributed by atoms with Crippen LogP contribution in [0.15, 0.2) is 12.1 Å². The Morgan fingerprint density at radius 3 is 2.80 bits per heavy atom. The highest BCUT2D eigenvalue weighted by Crippen LogP contribution is 2.23. The number of nitrogens with zero attached hydrogens (tertiary/aromatic N) is 1. The molecule has 0 aliphatic carbocycles. The number of aliphatic hydroxyl groups excluding tert-OH is 1. The summed E-state index contributed by atoms with van der Waals surface area (Å²) in [6.45, 7) is -0.351. The SMILES string of the molecule is COC(=O)c1c(CO)ccc(Cl)c1C#N. The minimum absolute atomic E-state index is 0.0231. The molecule has 0 aromatic heterocycles. The number of carbonyl (C=O) groups excluding carboxylic acids is 1. The summed E-state index contributed by atoms with van der Waals surface area (Å²) in [5.41, 5.74) is 0.368. The topological polar surface area (TPSA) is 70.3 Å². The van der Waals surface area contributed by atoms with Crippen LogP contribution in [0.25, 0.3) is 0 Å². The number of hydrogen-bond donors (Lipinski definition) is 1. The van der Waals surface area contributed by atoms with E-state index in [1.165, 1.54) is 19.2 Å². The average Bonchev–Trinajstić information content (AvgIpc) is 2.27. The molecule has 0 aliphatic rings. The third-order valence-electron chi connectivity index (χ3n) is 1.91. The van der Waals surface area contributed by atoms with E-state index in [0.29, 0.717) is 5.56 Å². The van der Waals surface area contributed by atoms with Crippen LogP contribution in [-0.4, -0.2) is 18.2 Å². The molecular formula is C10H8ClNO3. The normalized spacial score (nSPS) is 9.47. The number of esters is 1. The lowest BCUT2D eigenvalue weighted by Gasteiger charge is -2.08. The zero-order valence-electron chi connectivity index (χ0n) is 7.95. The van der Waals surface area contributed by atoms with Crippen LogP contribution in [0.2, 0.25) is 5.02 Å². The largest absolute Gasteiger partial charge is 0.465 e. The number of aliphatic hydroxyl groups is 1. The van der Waals surface area contributed by atoms with E-state index in [2.05, 4.69) is 4.74 Å². The summed E-state index contributed by atoms with van der Waals surface area (Å²) in [7, 11) is 1.20. The molecule has 0 saturated heterocycles. The Kier molecular flexibility index (Phi) is 3.67. The Labute approximate surface area is 91.7 Å². The van der Waals surface area contributed by atoms with E-state index in [1.54, 1.807) is 0 Å². The molecule has 0 aliphatic heterocycles. The van der Waals surface area contributed by atoms with Crippen molar-refractivity contribution >= 4 is 17.6 Å². The Bertz CT molecular complexity index is 437. The Morgan fingerprint density at radius 2 is 2.33 bits per heavy atom. The monoisotopic (exact) mass is 225 g/mol. The van der Waals surface area contributed by atoms with Crippen LogP contribution >= 0.6 is 11.6 Å². The third kappa shape index (κ3) is 2.09. The van der Waals surface area contributed by atoms with Gasteiger partial charge >= 0.3 is 5.97 Å².